The Hall–Kier alpha value is -1.77. The average molecular weight is 379 g/mol. The maximum atomic E-state index is 12.4. The number of thiazole rings is 1. The fourth-order valence-corrected chi connectivity index (χ4v) is 3.44. The van der Waals surface area contributed by atoms with Gasteiger partial charge in [0.15, 0.2) is 19.1 Å². The topological polar surface area (TPSA) is 90.1 Å². The molecule has 2 rings (SSSR count). The molecule has 1 amide bonds. The van der Waals surface area contributed by atoms with Gasteiger partial charge in [-0.1, -0.05) is 20.8 Å². The Morgan fingerprint density at radius 1 is 1.32 bits per heavy atom. The molecule has 0 aromatic carbocycles. The second kappa shape index (κ2) is 7.23. The van der Waals surface area contributed by atoms with E-state index in [0.717, 1.165) is 5.69 Å². The van der Waals surface area contributed by atoms with E-state index in [0.29, 0.717) is 23.1 Å². The number of pyridine rings is 1. The summed E-state index contributed by atoms with van der Waals surface area (Å²) in [7, 11) is -1.88. The molecule has 0 aliphatic rings. The highest BCUT2D eigenvalue weighted by Gasteiger charge is 2.37. The molecule has 3 N–H and O–H groups in total. The summed E-state index contributed by atoms with van der Waals surface area (Å²) in [4.78, 5) is 21.1. The van der Waals surface area contributed by atoms with Crippen molar-refractivity contribution in [1.29, 1.82) is 0 Å². The van der Waals surface area contributed by atoms with Gasteiger partial charge in [-0.2, -0.15) is 0 Å². The molecule has 6 nitrogen and oxygen atoms in total. The van der Waals surface area contributed by atoms with Gasteiger partial charge in [-0.3, -0.25) is 10.1 Å². The van der Waals surface area contributed by atoms with Gasteiger partial charge in [-0.25, -0.2) is 9.97 Å². The van der Waals surface area contributed by atoms with Crippen molar-refractivity contribution in [2.75, 3.05) is 11.1 Å². The number of rotatable bonds is 5. The van der Waals surface area contributed by atoms with Crippen molar-refractivity contribution in [2.24, 2.45) is 0 Å². The molecule has 0 radical (unpaired) electrons. The van der Waals surface area contributed by atoms with Crippen LogP contribution in [0.3, 0.4) is 0 Å². The first-order valence-corrected chi connectivity index (χ1v) is 11.9. The molecule has 2 aromatic heterocycles. The maximum absolute atomic E-state index is 12.4. The lowest BCUT2D eigenvalue weighted by molar-refractivity contribution is 0.102. The number of nitrogens with two attached hydrogens (primary N) is 1. The molecule has 0 aliphatic heterocycles. The molecule has 0 fully saturated rings. The standard InChI is InChI=1S/C17H26N4O2SSi/c1-11-10-24-16(19-11)21-15(22)14-13(18)8-7-12(20-14)9-23-25(5,6)17(2,3)4/h7-8,10H,9,18H2,1-6H3,(H,19,21,22). The molecule has 0 spiro atoms. The molecule has 25 heavy (non-hydrogen) atoms. The largest absolute Gasteiger partial charge is 0.411 e. The van der Waals surface area contributed by atoms with Crippen LogP contribution in [0.1, 0.15) is 42.6 Å². The van der Waals surface area contributed by atoms with Crippen molar-refractivity contribution < 1.29 is 9.22 Å². The van der Waals surface area contributed by atoms with Gasteiger partial charge >= 0.3 is 0 Å². The van der Waals surface area contributed by atoms with Crippen LogP contribution >= 0.6 is 11.3 Å². The zero-order valence-corrected chi connectivity index (χ0v) is 17.5. The van der Waals surface area contributed by atoms with Crippen LogP contribution in [0.25, 0.3) is 0 Å². The number of anilines is 2. The number of aryl methyl sites for hydroxylation is 1. The first-order valence-electron chi connectivity index (χ1n) is 8.12. The lowest BCUT2D eigenvalue weighted by atomic mass is 10.2. The molecular weight excluding hydrogens is 352 g/mol. The second-order valence-corrected chi connectivity index (χ2v) is 13.2. The van der Waals surface area contributed by atoms with E-state index in [1.54, 1.807) is 12.1 Å². The quantitative estimate of drug-likeness (QED) is 0.761. The number of amides is 1. The van der Waals surface area contributed by atoms with Crippen molar-refractivity contribution in [2.45, 2.75) is 52.4 Å². The Morgan fingerprint density at radius 2 is 2.00 bits per heavy atom. The lowest BCUT2D eigenvalue weighted by Crippen LogP contribution is -2.40. The van der Waals surface area contributed by atoms with E-state index < -0.39 is 8.32 Å². The summed E-state index contributed by atoms with van der Waals surface area (Å²) in [5.74, 6) is -0.360. The van der Waals surface area contributed by atoms with Crippen LogP contribution in [-0.4, -0.2) is 24.2 Å². The minimum atomic E-state index is -1.88. The predicted octanol–water partition coefficient (Wildman–Crippen LogP) is 4.20. The third kappa shape index (κ3) is 4.87. The number of nitrogens with one attached hydrogen (secondary N) is 1. The molecular formula is C17H26N4O2SSi. The van der Waals surface area contributed by atoms with Gasteiger partial charge in [-0.05, 0) is 37.2 Å². The first-order chi connectivity index (χ1) is 11.5. The highest BCUT2D eigenvalue weighted by molar-refractivity contribution is 7.13. The van der Waals surface area contributed by atoms with E-state index in [-0.39, 0.29) is 16.6 Å². The van der Waals surface area contributed by atoms with E-state index in [2.05, 4.69) is 49.1 Å². The van der Waals surface area contributed by atoms with Crippen LogP contribution < -0.4 is 11.1 Å². The average Bonchev–Trinajstić information content (AvgIpc) is 2.90. The molecule has 0 atom stereocenters. The Balaban J connectivity index is 2.13. The van der Waals surface area contributed by atoms with Crippen molar-refractivity contribution >= 4 is 36.4 Å². The van der Waals surface area contributed by atoms with Crippen molar-refractivity contribution in [3.8, 4) is 0 Å². The van der Waals surface area contributed by atoms with Gasteiger partial charge in [-0.15, -0.1) is 11.3 Å². The van der Waals surface area contributed by atoms with Gasteiger partial charge in [0, 0.05) is 5.38 Å². The van der Waals surface area contributed by atoms with Crippen molar-refractivity contribution in [3.63, 3.8) is 0 Å². The van der Waals surface area contributed by atoms with Crippen molar-refractivity contribution in [1.82, 2.24) is 9.97 Å². The Morgan fingerprint density at radius 3 is 2.56 bits per heavy atom. The van der Waals surface area contributed by atoms with Crippen LogP contribution in [-0.2, 0) is 11.0 Å². The smallest absolute Gasteiger partial charge is 0.278 e. The Bertz CT molecular complexity index is 768. The zero-order chi connectivity index (χ0) is 18.8. The Labute approximate surface area is 154 Å². The van der Waals surface area contributed by atoms with E-state index in [4.69, 9.17) is 10.2 Å². The van der Waals surface area contributed by atoms with Crippen LogP contribution in [0, 0.1) is 6.92 Å². The molecule has 0 bridgehead atoms. The molecule has 0 saturated carbocycles. The number of hydrogen-bond acceptors (Lipinski definition) is 6. The summed E-state index contributed by atoms with van der Waals surface area (Å²) in [5, 5.41) is 5.26. The first kappa shape index (κ1) is 19.6. The minimum Gasteiger partial charge on any atom is -0.411 e. The summed E-state index contributed by atoms with van der Waals surface area (Å²) in [6, 6.07) is 3.49. The molecule has 2 aromatic rings. The maximum Gasteiger partial charge on any atom is 0.278 e. The van der Waals surface area contributed by atoms with Gasteiger partial charge in [0.1, 0.15) is 0 Å². The van der Waals surface area contributed by atoms with Gasteiger partial charge < -0.3 is 10.2 Å². The molecule has 0 saturated heterocycles. The summed E-state index contributed by atoms with van der Waals surface area (Å²) in [6.45, 7) is 13.2. The highest BCUT2D eigenvalue weighted by atomic mass is 32.1. The fourth-order valence-electron chi connectivity index (χ4n) is 1.81. The fraction of sp³-hybridized carbons (Fsp3) is 0.471. The summed E-state index contributed by atoms with van der Waals surface area (Å²) in [6.07, 6.45) is 0. The molecule has 136 valence electrons. The number of nitrogen functional groups attached to an aromatic ring is 1. The van der Waals surface area contributed by atoms with E-state index in [1.165, 1.54) is 11.3 Å². The summed E-state index contributed by atoms with van der Waals surface area (Å²) >= 11 is 1.37. The van der Waals surface area contributed by atoms with Crippen LogP contribution in [0.4, 0.5) is 10.8 Å². The lowest BCUT2D eigenvalue weighted by Gasteiger charge is -2.36. The van der Waals surface area contributed by atoms with Crippen LogP contribution in [0.2, 0.25) is 18.1 Å². The molecule has 8 heteroatoms. The SMILES string of the molecule is Cc1csc(NC(=O)c2nc(CO[Si](C)(C)C(C)(C)C)ccc2N)n1. The zero-order valence-electron chi connectivity index (χ0n) is 15.6. The normalized spacial score (nSPS) is 12.2. The van der Waals surface area contributed by atoms with Crippen LogP contribution in [0.15, 0.2) is 17.5 Å². The van der Waals surface area contributed by atoms with E-state index >= 15 is 0 Å². The number of aromatic nitrogens is 2. The second-order valence-electron chi connectivity index (χ2n) is 7.54. The third-order valence-corrected chi connectivity index (χ3v) is 9.78. The number of carbonyl (C=O) groups excluding carboxylic acids is 1. The van der Waals surface area contributed by atoms with Gasteiger partial charge in [0.05, 0.1) is 23.7 Å². The Kier molecular flexibility index (Phi) is 5.65. The van der Waals surface area contributed by atoms with Gasteiger partial charge in [0.25, 0.3) is 5.91 Å². The van der Waals surface area contributed by atoms with Crippen molar-refractivity contribution in [3.05, 3.63) is 34.6 Å². The third-order valence-electron chi connectivity index (χ3n) is 4.43. The number of nitrogens with zero attached hydrogens (tertiary/aromatic N) is 2. The van der Waals surface area contributed by atoms with Crippen LogP contribution in [0.5, 0.6) is 0 Å². The summed E-state index contributed by atoms with van der Waals surface area (Å²) in [5.41, 5.74) is 8.01. The monoisotopic (exact) mass is 378 g/mol. The number of carbonyl (C=O) groups is 1. The minimum absolute atomic E-state index is 0.115. The highest BCUT2D eigenvalue weighted by Crippen LogP contribution is 2.37. The van der Waals surface area contributed by atoms with E-state index in [9.17, 15) is 4.79 Å². The molecule has 0 aliphatic carbocycles. The van der Waals surface area contributed by atoms with E-state index in [1.807, 2.05) is 12.3 Å². The predicted molar refractivity (Wildman–Crippen MR) is 105 cm³/mol. The molecule has 0 unspecified atom stereocenters. The molecule has 2 heterocycles. The van der Waals surface area contributed by atoms with Gasteiger partial charge in [0.2, 0.25) is 0 Å². The number of hydrogen-bond donors (Lipinski definition) is 2. The summed E-state index contributed by atoms with van der Waals surface area (Å²) < 4.78 is 6.17.